The van der Waals surface area contributed by atoms with E-state index in [1.807, 2.05) is 18.2 Å². The quantitative estimate of drug-likeness (QED) is 0.780. The molecule has 1 aliphatic carbocycles. The molecule has 0 unspecified atom stereocenters. The lowest BCUT2D eigenvalue weighted by Crippen LogP contribution is -2.22. The molecule has 80 valence electrons. The minimum Gasteiger partial charge on any atom is -0.393 e. The van der Waals surface area contributed by atoms with Crippen LogP contribution in [0.4, 0.5) is 0 Å². The van der Waals surface area contributed by atoms with Crippen molar-refractivity contribution in [3.63, 3.8) is 0 Å². The lowest BCUT2D eigenvalue weighted by atomic mass is 9.86. The zero-order valence-corrected chi connectivity index (χ0v) is 8.97. The largest absolute Gasteiger partial charge is 0.393 e. The van der Waals surface area contributed by atoms with Gasteiger partial charge in [-0.1, -0.05) is 55.3 Å². The van der Waals surface area contributed by atoms with Gasteiger partial charge in [0.15, 0.2) is 0 Å². The SMILES string of the molecule is O[C@H]1CCCC[C@@H]1/C=C/c1ccccc1. The minimum absolute atomic E-state index is 0.126. The molecule has 2 atom stereocenters. The van der Waals surface area contributed by atoms with E-state index >= 15 is 0 Å². The Balaban J connectivity index is 1.98. The van der Waals surface area contributed by atoms with Gasteiger partial charge in [0, 0.05) is 5.92 Å². The summed E-state index contributed by atoms with van der Waals surface area (Å²) < 4.78 is 0. The molecule has 1 aromatic carbocycles. The van der Waals surface area contributed by atoms with Gasteiger partial charge in [0.2, 0.25) is 0 Å². The molecule has 0 radical (unpaired) electrons. The van der Waals surface area contributed by atoms with E-state index in [0.717, 1.165) is 12.8 Å². The van der Waals surface area contributed by atoms with Crippen molar-refractivity contribution in [2.75, 3.05) is 0 Å². The van der Waals surface area contributed by atoms with Crippen molar-refractivity contribution in [3.8, 4) is 0 Å². The van der Waals surface area contributed by atoms with E-state index in [9.17, 15) is 5.11 Å². The highest BCUT2D eigenvalue weighted by Gasteiger charge is 2.19. The Morgan fingerprint density at radius 1 is 1.07 bits per heavy atom. The smallest absolute Gasteiger partial charge is 0.0602 e. The van der Waals surface area contributed by atoms with Gasteiger partial charge in [0.1, 0.15) is 0 Å². The second kappa shape index (κ2) is 5.13. The first-order valence-corrected chi connectivity index (χ1v) is 5.77. The van der Waals surface area contributed by atoms with Crippen molar-refractivity contribution in [1.29, 1.82) is 0 Å². The summed E-state index contributed by atoms with van der Waals surface area (Å²) in [6.07, 6.45) is 8.68. The van der Waals surface area contributed by atoms with E-state index in [4.69, 9.17) is 0 Å². The first-order chi connectivity index (χ1) is 7.36. The van der Waals surface area contributed by atoms with Crippen LogP contribution in [0.5, 0.6) is 0 Å². The van der Waals surface area contributed by atoms with Gasteiger partial charge in [-0.05, 0) is 18.4 Å². The fourth-order valence-electron chi connectivity index (χ4n) is 2.16. The van der Waals surface area contributed by atoms with Gasteiger partial charge < -0.3 is 5.11 Å². The Bertz CT molecular complexity index is 315. The standard InChI is InChI=1S/C14H18O/c15-14-9-5-4-8-13(14)11-10-12-6-2-1-3-7-12/h1-3,6-7,10-11,13-15H,4-5,8-9H2/b11-10+/t13-,14+/m1/s1. The second-order valence-electron chi connectivity index (χ2n) is 4.29. The zero-order chi connectivity index (χ0) is 10.5. The van der Waals surface area contributed by atoms with Crippen molar-refractivity contribution in [3.05, 3.63) is 42.0 Å². The lowest BCUT2D eigenvalue weighted by molar-refractivity contribution is 0.0931. The normalized spacial score (nSPS) is 27.0. The van der Waals surface area contributed by atoms with Crippen LogP contribution < -0.4 is 0 Å². The third-order valence-corrected chi connectivity index (χ3v) is 3.12. The molecule has 1 aromatic rings. The number of aliphatic hydroxyl groups excluding tert-OH is 1. The van der Waals surface area contributed by atoms with Crippen LogP contribution in [0.1, 0.15) is 31.2 Å². The third-order valence-electron chi connectivity index (χ3n) is 3.12. The van der Waals surface area contributed by atoms with Crippen LogP contribution >= 0.6 is 0 Å². The van der Waals surface area contributed by atoms with Crippen molar-refractivity contribution < 1.29 is 5.11 Å². The number of aliphatic hydroxyl groups is 1. The fourth-order valence-corrected chi connectivity index (χ4v) is 2.16. The maximum absolute atomic E-state index is 9.80. The van der Waals surface area contributed by atoms with Gasteiger partial charge in [0.25, 0.3) is 0 Å². The first-order valence-electron chi connectivity index (χ1n) is 5.77. The molecule has 1 heteroatoms. The predicted molar refractivity (Wildman–Crippen MR) is 63.4 cm³/mol. The summed E-state index contributed by atoms with van der Waals surface area (Å²) in [5.41, 5.74) is 1.22. The van der Waals surface area contributed by atoms with Crippen molar-refractivity contribution >= 4 is 6.08 Å². The van der Waals surface area contributed by atoms with Crippen LogP contribution in [0.15, 0.2) is 36.4 Å². The van der Waals surface area contributed by atoms with Crippen LogP contribution in [-0.4, -0.2) is 11.2 Å². The molecule has 1 N–H and O–H groups in total. The first kappa shape index (κ1) is 10.4. The Hall–Kier alpha value is -1.08. The average molecular weight is 202 g/mol. The fraction of sp³-hybridized carbons (Fsp3) is 0.429. The van der Waals surface area contributed by atoms with E-state index in [2.05, 4.69) is 24.3 Å². The van der Waals surface area contributed by atoms with Crippen molar-refractivity contribution in [2.45, 2.75) is 31.8 Å². The molecular formula is C14H18O. The van der Waals surface area contributed by atoms with Crippen molar-refractivity contribution in [2.24, 2.45) is 5.92 Å². The Labute approximate surface area is 91.4 Å². The number of rotatable bonds is 2. The summed E-state index contributed by atoms with van der Waals surface area (Å²) in [5.74, 6) is 0.360. The maximum atomic E-state index is 9.80. The van der Waals surface area contributed by atoms with Crippen LogP contribution in [0.25, 0.3) is 6.08 Å². The molecule has 15 heavy (non-hydrogen) atoms. The highest BCUT2D eigenvalue weighted by Crippen LogP contribution is 2.25. The second-order valence-corrected chi connectivity index (χ2v) is 4.29. The molecule has 0 bridgehead atoms. The van der Waals surface area contributed by atoms with Crippen LogP contribution in [0, 0.1) is 5.92 Å². The minimum atomic E-state index is -0.126. The molecule has 1 fully saturated rings. The molecule has 0 amide bonds. The van der Waals surface area contributed by atoms with Gasteiger partial charge in [-0.3, -0.25) is 0 Å². The van der Waals surface area contributed by atoms with Crippen LogP contribution in [0.3, 0.4) is 0 Å². The molecule has 1 aliphatic rings. The van der Waals surface area contributed by atoms with Crippen LogP contribution in [0.2, 0.25) is 0 Å². The Morgan fingerprint density at radius 2 is 1.80 bits per heavy atom. The zero-order valence-electron chi connectivity index (χ0n) is 8.97. The number of hydrogen-bond acceptors (Lipinski definition) is 1. The molecule has 0 aromatic heterocycles. The van der Waals surface area contributed by atoms with Crippen LogP contribution in [-0.2, 0) is 0 Å². The monoisotopic (exact) mass is 202 g/mol. The van der Waals surface area contributed by atoms with Gasteiger partial charge >= 0.3 is 0 Å². The molecular weight excluding hydrogens is 184 g/mol. The van der Waals surface area contributed by atoms with E-state index in [1.54, 1.807) is 0 Å². The summed E-state index contributed by atoms with van der Waals surface area (Å²) >= 11 is 0. The van der Waals surface area contributed by atoms with Gasteiger partial charge in [-0.2, -0.15) is 0 Å². The number of benzene rings is 1. The molecule has 0 aliphatic heterocycles. The summed E-state index contributed by atoms with van der Waals surface area (Å²) in [5, 5.41) is 9.80. The molecule has 1 nitrogen and oxygen atoms in total. The highest BCUT2D eigenvalue weighted by atomic mass is 16.3. The Kier molecular flexibility index (Phi) is 3.57. The topological polar surface area (TPSA) is 20.2 Å². The summed E-state index contributed by atoms with van der Waals surface area (Å²) in [6, 6.07) is 10.3. The maximum Gasteiger partial charge on any atom is 0.0602 e. The molecule has 0 spiro atoms. The molecule has 0 heterocycles. The van der Waals surface area contributed by atoms with E-state index in [1.165, 1.54) is 18.4 Å². The highest BCUT2D eigenvalue weighted by molar-refractivity contribution is 5.49. The number of hydrogen-bond donors (Lipinski definition) is 1. The van der Waals surface area contributed by atoms with Crippen molar-refractivity contribution in [1.82, 2.24) is 0 Å². The average Bonchev–Trinajstić information content (AvgIpc) is 2.29. The molecule has 2 rings (SSSR count). The lowest BCUT2D eigenvalue weighted by Gasteiger charge is -2.24. The third kappa shape index (κ3) is 2.93. The van der Waals surface area contributed by atoms with E-state index in [0.29, 0.717) is 5.92 Å². The molecule has 1 saturated carbocycles. The van der Waals surface area contributed by atoms with E-state index < -0.39 is 0 Å². The van der Waals surface area contributed by atoms with Gasteiger partial charge in [0.05, 0.1) is 6.10 Å². The van der Waals surface area contributed by atoms with Gasteiger partial charge in [-0.15, -0.1) is 0 Å². The summed E-state index contributed by atoms with van der Waals surface area (Å²) in [7, 11) is 0. The molecule has 0 saturated heterocycles. The van der Waals surface area contributed by atoms with E-state index in [-0.39, 0.29) is 6.10 Å². The summed E-state index contributed by atoms with van der Waals surface area (Å²) in [6.45, 7) is 0. The summed E-state index contributed by atoms with van der Waals surface area (Å²) in [4.78, 5) is 0. The van der Waals surface area contributed by atoms with Gasteiger partial charge in [-0.25, -0.2) is 0 Å². The Morgan fingerprint density at radius 3 is 2.53 bits per heavy atom. The predicted octanol–water partition coefficient (Wildman–Crippen LogP) is 3.25.